The second-order valence-electron chi connectivity index (χ2n) is 6.16. The predicted molar refractivity (Wildman–Crippen MR) is 87.3 cm³/mol. The molecule has 0 radical (unpaired) electrons. The van der Waals surface area contributed by atoms with Crippen molar-refractivity contribution >= 4 is 11.3 Å². The van der Waals surface area contributed by atoms with Gasteiger partial charge in [0.1, 0.15) is 0 Å². The summed E-state index contributed by atoms with van der Waals surface area (Å²) in [6.07, 6.45) is 2.30. The zero-order valence-corrected chi connectivity index (χ0v) is 13.5. The van der Waals surface area contributed by atoms with Crippen molar-refractivity contribution in [2.24, 2.45) is 0 Å². The van der Waals surface area contributed by atoms with Gasteiger partial charge in [-0.1, -0.05) is 51.1 Å². The topological polar surface area (TPSA) is 24.9 Å². The number of rotatable bonds is 6. The summed E-state index contributed by atoms with van der Waals surface area (Å²) < 4.78 is 0. The van der Waals surface area contributed by atoms with Crippen LogP contribution in [0.5, 0.6) is 0 Å². The Kier molecular flexibility index (Phi) is 5.32. The van der Waals surface area contributed by atoms with E-state index in [-0.39, 0.29) is 5.41 Å². The normalized spacial score (nSPS) is 11.8. The van der Waals surface area contributed by atoms with Crippen LogP contribution in [0.3, 0.4) is 0 Å². The Morgan fingerprint density at radius 1 is 1.15 bits per heavy atom. The summed E-state index contributed by atoms with van der Waals surface area (Å²) in [6.45, 7) is 8.55. The predicted octanol–water partition coefficient (Wildman–Crippen LogP) is 4.16. The quantitative estimate of drug-likeness (QED) is 0.807. The van der Waals surface area contributed by atoms with Gasteiger partial charge in [0.05, 0.1) is 10.7 Å². The largest absolute Gasteiger partial charge is 0.311 e. The molecule has 1 N–H and O–H groups in total. The number of hydrogen-bond acceptors (Lipinski definition) is 3. The zero-order chi connectivity index (χ0) is 14.4. The van der Waals surface area contributed by atoms with Crippen LogP contribution in [-0.4, -0.2) is 11.5 Å². The first-order valence-corrected chi connectivity index (χ1v) is 8.13. The summed E-state index contributed by atoms with van der Waals surface area (Å²) in [5.41, 5.74) is 2.74. The molecule has 3 heteroatoms. The van der Waals surface area contributed by atoms with E-state index in [9.17, 15) is 0 Å². The van der Waals surface area contributed by atoms with E-state index >= 15 is 0 Å². The molecule has 0 aliphatic carbocycles. The molecule has 0 atom stereocenters. The van der Waals surface area contributed by atoms with Crippen molar-refractivity contribution in [3.05, 3.63) is 52.0 Å². The Hall–Kier alpha value is -1.19. The fourth-order valence-corrected chi connectivity index (χ4v) is 2.92. The van der Waals surface area contributed by atoms with Crippen molar-refractivity contribution in [3.8, 4) is 0 Å². The van der Waals surface area contributed by atoms with Crippen LogP contribution in [0, 0.1) is 0 Å². The zero-order valence-electron chi connectivity index (χ0n) is 12.6. The van der Waals surface area contributed by atoms with Gasteiger partial charge in [-0.2, -0.15) is 0 Å². The Labute approximate surface area is 126 Å². The highest BCUT2D eigenvalue weighted by molar-refractivity contribution is 7.09. The molecule has 0 fully saturated rings. The molecule has 0 spiro atoms. The summed E-state index contributed by atoms with van der Waals surface area (Å²) in [5, 5.41) is 6.87. The molecule has 2 nitrogen and oxygen atoms in total. The summed E-state index contributed by atoms with van der Waals surface area (Å²) in [6, 6.07) is 10.7. The van der Waals surface area contributed by atoms with Crippen LogP contribution in [0.4, 0.5) is 0 Å². The Morgan fingerprint density at radius 2 is 1.90 bits per heavy atom. The third-order valence-corrected chi connectivity index (χ3v) is 4.48. The standard InChI is InChI=1S/C17H24N2S/c1-17(2,3)16-19-15(13-20-16)12-18-11-7-10-14-8-5-4-6-9-14/h4-6,8-9,13,18H,7,10-12H2,1-3H3. The van der Waals surface area contributed by atoms with Gasteiger partial charge in [-0.25, -0.2) is 4.98 Å². The lowest BCUT2D eigenvalue weighted by Crippen LogP contribution is -2.16. The first-order chi connectivity index (χ1) is 9.55. The molecule has 0 saturated heterocycles. The van der Waals surface area contributed by atoms with Crippen molar-refractivity contribution in [2.75, 3.05) is 6.54 Å². The fourth-order valence-electron chi connectivity index (χ4n) is 2.01. The van der Waals surface area contributed by atoms with E-state index < -0.39 is 0 Å². The van der Waals surface area contributed by atoms with Crippen LogP contribution in [-0.2, 0) is 18.4 Å². The van der Waals surface area contributed by atoms with Gasteiger partial charge in [-0.3, -0.25) is 0 Å². The van der Waals surface area contributed by atoms with Gasteiger partial charge in [-0.05, 0) is 24.9 Å². The second kappa shape index (κ2) is 7.00. The molecule has 1 aromatic heterocycles. The lowest BCUT2D eigenvalue weighted by molar-refractivity contribution is 0.578. The average Bonchev–Trinajstić information content (AvgIpc) is 2.88. The number of hydrogen-bond donors (Lipinski definition) is 1. The van der Waals surface area contributed by atoms with Crippen molar-refractivity contribution in [3.63, 3.8) is 0 Å². The minimum absolute atomic E-state index is 0.163. The molecule has 0 aliphatic heterocycles. The first-order valence-electron chi connectivity index (χ1n) is 7.25. The maximum absolute atomic E-state index is 4.69. The first kappa shape index (κ1) is 15.2. The summed E-state index contributed by atoms with van der Waals surface area (Å²) in [5.74, 6) is 0. The Balaban J connectivity index is 1.67. The maximum Gasteiger partial charge on any atom is 0.0982 e. The van der Waals surface area contributed by atoms with E-state index in [1.807, 2.05) is 0 Å². The lowest BCUT2D eigenvalue weighted by Gasteiger charge is -2.13. The van der Waals surface area contributed by atoms with Crippen LogP contribution in [0.2, 0.25) is 0 Å². The highest BCUT2D eigenvalue weighted by atomic mass is 32.1. The van der Waals surface area contributed by atoms with Crippen LogP contribution in [0.1, 0.15) is 43.5 Å². The van der Waals surface area contributed by atoms with Gasteiger partial charge in [0.25, 0.3) is 0 Å². The highest BCUT2D eigenvalue weighted by Gasteiger charge is 2.17. The smallest absolute Gasteiger partial charge is 0.0982 e. The Bertz CT molecular complexity index is 511. The molecule has 0 aliphatic rings. The number of nitrogens with zero attached hydrogens (tertiary/aromatic N) is 1. The minimum Gasteiger partial charge on any atom is -0.311 e. The summed E-state index contributed by atoms with van der Waals surface area (Å²) in [4.78, 5) is 4.69. The van der Waals surface area contributed by atoms with E-state index in [2.05, 4.69) is 61.8 Å². The molecule has 1 heterocycles. The molecule has 0 amide bonds. The minimum atomic E-state index is 0.163. The summed E-state index contributed by atoms with van der Waals surface area (Å²) in [7, 11) is 0. The lowest BCUT2D eigenvalue weighted by atomic mass is 9.98. The van der Waals surface area contributed by atoms with E-state index in [0.717, 1.165) is 19.5 Å². The number of aryl methyl sites for hydroxylation is 1. The molecule has 0 unspecified atom stereocenters. The SMILES string of the molecule is CC(C)(C)c1nc(CNCCCc2ccccc2)cs1. The van der Waals surface area contributed by atoms with Crippen LogP contribution >= 0.6 is 11.3 Å². The second-order valence-corrected chi connectivity index (χ2v) is 7.02. The monoisotopic (exact) mass is 288 g/mol. The molecule has 1 aromatic carbocycles. The van der Waals surface area contributed by atoms with E-state index in [0.29, 0.717) is 0 Å². The fraction of sp³-hybridized carbons (Fsp3) is 0.471. The van der Waals surface area contributed by atoms with Crippen LogP contribution < -0.4 is 5.32 Å². The number of thiazole rings is 1. The van der Waals surface area contributed by atoms with Crippen molar-refractivity contribution in [2.45, 2.75) is 45.6 Å². The molecule has 0 saturated carbocycles. The van der Waals surface area contributed by atoms with Crippen molar-refractivity contribution < 1.29 is 0 Å². The highest BCUT2D eigenvalue weighted by Crippen LogP contribution is 2.25. The maximum atomic E-state index is 4.69. The Morgan fingerprint density at radius 3 is 2.55 bits per heavy atom. The molecular weight excluding hydrogens is 264 g/mol. The number of aromatic nitrogens is 1. The summed E-state index contributed by atoms with van der Waals surface area (Å²) >= 11 is 1.77. The van der Waals surface area contributed by atoms with Gasteiger partial charge in [-0.15, -0.1) is 11.3 Å². The number of nitrogens with one attached hydrogen (secondary N) is 1. The van der Waals surface area contributed by atoms with Gasteiger partial charge < -0.3 is 5.32 Å². The van der Waals surface area contributed by atoms with E-state index in [4.69, 9.17) is 4.98 Å². The molecule has 2 rings (SSSR count). The van der Waals surface area contributed by atoms with Gasteiger partial charge in [0.15, 0.2) is 0 Å². The van der Waals surface area contributed by atoms with Gasteiger partial charge in [0.2, 0.25) is 0 Å². The van der Waals surface area contributed by atoms with Gasteiger partial charge in [0, 0.05) is 17.3 Å². The third-order valence-electron chi connectivity index (χ3n) is 3.16. The van der Waals surface area contributed by atoms with E-state index in [1.54, 1.807) is 11.3 Å². The van der Waals surface area contributed by atoms with E-state index in [1.165, 1.54) is 22.7 Å². The molecule has 2 aromatic rings. The van der Waals surface area contributed by atoms with Crippen LogP contribution in [0.25, 0.3) is 0 Å². The third kappa shape index (κ3) is 4.73. The average molecular weight is 288 g/mol. The van der Waals surface area contributed by atoms with Crippen molar-refractivity contribution in [1.82, 2.24) is 10.3 Å². The van der Waals surface area contributed by atoms with Crippen LogP contribution in [0.15, 0.2) is 35.7 Å². The van der Waals surface area contributed by atoms with Gasteiger partial charge >= 0.3 is 0 Å². The molecule has 20 heavy (non-hydrogen) atoms. The van der Waals surface area contributed by atoms with Crippen molar-refractivity contribution in [1.29, 1.82) is 0 Å². The number of benzene rings is 1. The molecule has 0 bridgehead atoms. The molecular formula is C17H24N2S. The molecule has 108 valence electrons.